The first-order valence-electron chi connectivity index (χ1n) is 10.7. The average molecular weight is 525 g/mol. The molecule has 4 nitrogen and oxygen atoms in total. The number of halogens is 4. The van der Waals surface area contributed by atoms with Crippen LogP contribution in [0.5, 0.6) is 0 Å². The van der Waals surface area contributed by atoms with Gasteiger partial charge >= 0.3 is 6.18 Å². The fourth-order valence-electron chi connectivity index (χ4n) is 3.56. The number of anilines is 1. The third-order valence-electron chi connectivity index (χ3n) is 5.26. The Balaban J connectivity index is 1.50. The molecule has 0 spiro atoms. The first-order valence-corrected chi connectivity index (χ1v) is 11.9. The van der Waals surface area contributed by atoms with Gasteiger partial charge in [0.05, 0.1) is 26.9 Å². The van der Waals surface area contributed by atoms with Crippen molar-refractivity contribution in [2.45, 2.75) is 6.18 Å². The van der Waals surface area contributed by atoms with Crippen LogP contribution in [-0.2, 0) is 11.0 Å². The number of thioether (sulfide) groups is 1. The first-order chi connectivity index (χ1) is 17.3. The summed E-state index contributed by atoms with van der Waals surface area (Å²) in [6.45, 7) is 0. The van der Waals surface area contributed by atoms with Gasteiger partial charge in [-0.25, -0.2) is 4.99 Å². The van der Waals surface area contributed by atoms with E-state index in [1.54, 1.807) is 12.1 Å². The second kappa shape index (κ2) is 9.72. The van der Waals surface area contributed by atoms with Crippen molar-refractivity contribution in [1.82, 2.24) is 0 Å². The molecule has 0 saturated carbocycles. The number of amides is 1. The van der Waals surface area contributed by atoms with Crippen molar-refractivity contribution in [2.24, 2.45) is 4.99 Å². The summed E-state index contributed by atoms with van der Waals surface area (Å²) in [5.74, 6) is 0.158. The molecule has 1 amide bonds. The number of hydrogen-bond donors (Lipinski definition) is 0. The van der Waals surface area contributed by atoms with Crippen LogP contribution >= 0.6 is 23.4 Å². The van der Waals surface area contributed by atoms with Crippen molar-refractivity contribution < 1.29 is 22.4 Å². The number of rotatable bonds is 4. The van der Waals surface area contributed by atoms with E-state index in [1.165, 1.54) is 28.8 Å². The van der Waals surface area contributed by atoms with Gasteiger partial charge in [-0.15, -0.1) is 0 Å². The lowest BCUT2D eigenvalue weighted by Gasteiger charge is -2.15. The molecule has 5 rings (SSSR count). The van der Waals surface area contributed by atoms with E-state index in [9.17, 15) is 18.0 Å². The highest BCUT2D eigenvalue weighted by Gasteiger charge is 2.35. The monoisotopic (exact) mass is 524 g/mol. The van der Waals surface area contributed by atoms with Gasteiger partial charge in [0, 0.05) is 11.6 Å². The summed E-state index contributed by atoms with van der Waals surface area (Å²) < 4.78 is 45.3. The Hall–Kier alpha value is -3.75. The maximum Gasteiger partial charge on any atom is 0.416 e. The average Bonchev–Trinajstić information content (AvgIpc) is 3.44. The highest BCUT2D eigenvalue weighted by Crippen LogP contribution is 2.39. The highest BCUT2D eigenvalue weighted by atomic mass is 35.5. The lowest BCUT2D eigenvalue weighted by molar-refractivity contribution is -0.137. The minimum atomic E-state index is -4.51. The van der Waals surface area contributed by atoms with Gasteiger partial charge in [-0.1, -0.05) is 48.0 Å². The molecule has 1 saturated heterocycles. The van der Waals surface area contributed by atoms with E-state index in [-0.39, 0.29) is 22.3 Å². The minimum Gasteiger partial charge on any atom is -0.457 e. The number of para-hydroxylation sites is 2. The van der Waals surface area contributed by atoms with Crippen LogP contribution < -0.4 is 4.90 Å². The van der Waals surface area contributed by atoms with Gasteiger partial charge in [0.1, 0.15) is 11.5 Å². The molecule has 4 aromatic rings. The van der Waals surface area contributed by atoms with Crippen molar-refractivity contribution in [1.29, 1.82) is 0 Å². The van der Waals surface area contributed by atoms with E-state index < -0.39 is 11.7 Å². The van der Waals surface area contributed by atoms with Crippen LogP contribution in [0.15, 0.2) is 105 Å². The summed E-state index contributed by atoms with van der Waals surface area (Å²) >= 11 is 7.32. The second-order valence-electron chi connectivity index (χ2n) is 7.71. The topological polar surface area (TPSA) is 45.8 Å². The van der Waals surface area contributed by atoms with Gasteiger partial charge in [-0.3, -0.25) is 9.69 Å². The fourth-order valence-corrected chi connectivity index (χ4v) is 4.75. The smallest absolute Gasteiger partial charge is 0.416 e. The number of carbonyl (C=O) groups is 1. The van der Waals surface area contributed by atoms with Gasteiger partial charge in [0.2, 0.25) is 0 Å². The molecule has 0 radical (unpaired) electrons. The number of alkyl halides is 3. The summed E-state index contributed by atoms with van der Waals surface area (Å²) in [6, 6.07) is 24.5. The van der Waals surface area contributed by atoms with E-state index in [4.69, 9.17) is 16.0 Å². The molecule has 0 bridgehead atoms. The molecule has 0 aliphatic carbocycles. The van der Waals surface area contributed by atoms with Crippen LogP contribution in [0.2, 0.25) is 5.02 Å². The lowest BCUT2D eigenvalue weighted by Crippen LogP contribution is -2.28. The van der Waals surface area contributed by atoms with Crippen molar-refractivity contribution in [3.63, 3.8) is 0 Å². The van der Waals surface area contributed by atoms with Crippen LogP contribution in [0, 0.1) is 0 Å². The number of nitrogens with zero attached hydrogens (tertiary/aromatic N) is 2. The van der Waals surface area contributed by atoms with Gasteiger partial charge < -0.3 is 4.42 Å². The second-order valence-corrected chi connectivity index (χ2v) is 9.13. The molecule has 1 fully saturated rings. The predicted molar refractivity (Wildman–Crippen MR) is 137 cm³/mol. The largest absolute Gasteiger partial charge is 0.457 e. The van der Waals surface area contributed by atoms with Crippen LogP contribution in [0.1, 0.15) is 11.3 Å². The predicted octanol–water partition coefficient (Wildman–Crippen LogP) is 8.43. The molecule has 36 heavy (non-hydrogen) atoms. The van der Waals surface area contributed by atoms with Crippen LogP contribution in [0.3, 0.4) is 0 Å². The Bertz CT molecular complexity index is 1480. The van der Waals surface area contributed by atoms with Crippen LogP contribution in [0.4, 0.5) is 24.5 Å². The van der Waals surface area contributed by atoms with Gasteiger partial charge in [-0.05, 0) is 66.4 Å². The fraction of sp³-hybridized carbons (Fsp3) is 0.0370. The Morgan fingerprint density at radius 1 is 0.917 bits per heavy atom. The van der Waals surface area contributed by atoms with Crippen molar-refractivity contribution in [2.75, 3.05) is 4.90 Å². The van der Waals surface area contributed by atoms with Crippen LogP contribution in [0.25, 0.3) is 17.4 Å². The molecular formula is C27H16ClF3N2O2S. The van der Waals surface area contributed by atoms with Crippen molar-refractivity contribution in [3.8, 4) is 11.3 Å². The van der Waals surface area contributed by atoms with Crippen LogP contribution in [-0.4, -0.2) is 11.1 Å². The minimum absolute atomic E-state index is 0.110. The molecule has 1 aliphatic heterocycles. The Morgan fingerprint density at radius 2 is 1.61 bits per heavy atom. The van der Waals surface area contributed by atoms with Crippen molar-refractivity contribution in [3.05, 3.63) is 112 Å². The van der Waals surface area contributed by atoms with Gasteiger partial charge in [0.25, 0.3) is 5.91 Å². The molecule has 1 aromatic heterocycles. The maximum absolute atomic E-state index is 13.4. The summed E-state index contributed by atoms with van der Waals surface area (Å²) in [4.78, 5) is 19.9. The normalized spacial score (nSPS) is 16.3. The molecule has 0 N–H and O–H groups in total. The lowest BCUT2D eigenvalue weighted by atomic mass is 10.1. The number of carbonyl (C=O) groups excluding carboxylic acids is 1. The molecule has 9 heteroatoms. The van der Waals surface area contributed by atoms with E-state index in [2.05, 4.69) is 4.99 Å². The Morgan fingerprint density at radius 3 is 2.31 bits per heavy atom. The van der Waals surface area contributed by atoms with E-state index in [0.29, 0.717) is 27.2 Å². The van der Waals surface area contributed by atoms with E-state index in [1.807, 2.05) is 60.7 Å². The summed E-state index contributed by atoms with van der Waals surface area (Å²) in [5, 5.41) is 0.590. The molecule has 2 heterocycles. The number of aliphatic imine (C=N–C) groups is 1. The third-order valence-corrected chi connectivity index (χ3v) is 6.56. The Kier molecular flexibility index (Phi) is 6.47. The molecular weight excluding hydrogens is 509 g/mol. The number of furan rings is 1. The summed E-state index contributed by atoms with van der Waals surface area (Å²) in [6.07, 6.45) is -2.97. The maximum atomic E-state index is 13.4. The third kappa shape index (κ3) is 4.96. The molecule has 180 valence electrons. The zero-order chi connectivity index (χ0) is 25.3. The number of amidine groups is 1. The van der Waals surface area contributed by atoms with Crippen molar-refractivity contribution >= 4 is 51.9 Å². The SMILES string of the molecule is O=C1C(=Cc2ccc(-c3cc(C(F)(F)F)ccc3Cl)o2)SC(=Nc2ccccc2)N1c1ccccc1. The Labute approximate surface area is 213 Å². The number of benzene rings is 3. The van der Waals surface area contributed by atoms with E-state index >= 15 is 0 Å². The zero-order valence-electron chi connectivity index (χ0n) is 18.4. The zero-order valence-corrected chi connectivity index (χ0v) is 19.9. The highest BCUT2D eigenvalue weighted by molar-refractivity contribution is 8.19. The summed E-state index contributed by atoms with van der Waals surface area (Å²) in [5.41, 5.74) is 0.622. The first kappa shape index (κ1) is 24.0. The van der Waals surface area contributed by atoms with Gasteiger partial charge in [-0.2, -0.15) is 13.2 Å². The number of hydrogen-bond acceptors (Lipinski definition) is 4. The quantitative estimate of drug-likeness (QED) is 0.252. The molecule has 0 atom stereocenters. The molecule has 3 aromatic carbocycles. The van der Waals surface area contributed by atoms with E-state index in [0.717, 1.165) is 12.1 Å². The van der Waals surface area contributed by atoms with Gasteiger partial charge in [0.15, 0.2) is 5.17 Å². The molecule has 0 unspecified atom stereocenters. The standard InChI is InChI=1S/C27H16ClF3N2O2S/c28-22-13-11-17(27(29,30)31)15-21(22)23-14-12-20(35-23)16-24-25(34)33(19-9-5-2-6-10-19)26(36-24)32-18-7-3-1-4-8-18/h1-16H. The summed E-state index contributed by atoms with van der Waals surface area (Å²) in [7, 11) is 0. The molecule has 1 aliphatic rings.